The highest BCUT2D eigenvalue weighted by molar-refractivity contribution is 5.87. The Morgan fingerprint density at radius 1 is 1.03 bits per heavy atom. The molecule has 4 aromatic rings. The first-order valence-corrected chi connectivity index (χ1v) is 9.99. The summed E-state index contributed by atoms with van der Waals surface area (Å²) in [6.45, 7) is 3.43. The summed E-state index contributed by atoms with van der Waals surface area (Å²) in [5.41, 5.74) is 0.792. The third kappa shape index (κ3) is 4.34. The Morgan fingerprint density at radius 3 is 2.24 bits per heavy atom. The maximum Gasteiger partial charge on any atom is 0.401 e. The van der Waals surface area contributed by atoms with Gasteiger partial charge in [0.2, 0.25) is 5.82 Å². The van der Waals surface area contributed by atoms with E-state index >= 15 is 0 Å². The molecule has 0 fully saturated rings. The third-order valence-electron chi connectivity index (χ3n) is 5.18. The second-order valence-electron chi connectivity index (χ2n) is 7.72. The zero-order valence-corrected chi connectivity index (χ0v) is 17.6. The number of tetrazole rings is 1. The summed E-state index contributed by atoms with van der Waals surface area (Å²) < 4.78 is 42.5. The highest BCUT2D eigenvalue weighted by atomic mass is 19.4. The number of hydrogen-bond acceptors (Lipinski definition) is 5. The number of carboxylic acid groups (broad SMARTS) is 1. The Morgan fingerprint density at radius 2 is 1.70 bits per heavy atom. The average molecular weight is 456 g/mol. The van der Waals surface area contributed by atoms with E-state index in [1.807, 2.05) is 0 Å². The van der Waals surface area contributed by atoms with Crippen LogP contribution in [-0.4, -0.2) is 47.8 Å². The van der Waals surface area contributed by atoms with Crippen molar-refractivity contribution in [1.82, 2.24) is 30.6 Å². The number of aromatic nitrogens is 6. The predicted octanol–water partition coefficient (Wildman–Crippen LogP) is 4.77. The largest absolute Gasteiger partial charge is 0.476 e. The average Bonchev–Trinajstić information content (AvgIpc) is 3.44. The summed E-state index contributed by atoms with van der Waals surface area (Å²) >= 11 is 0. The van der Waals surface area contributed by atoms with Gasteiger partial charge in [-0.25, -0.2) is 9.78 Å². The standard InChI is InChI=1S/C22H19F3N6O2/c1-11(2)19-26-17(18(27-19)21(32)33)16(22(23,24)25)13-9-7-12(8-10-13)14-5-3-4-6-15(14)20-28-30-31-29-20/h3-11,16H,1-2H3,(H,26,27)(H,32,33)(H,28,29,30,31). The van der Waals surface area contributed by atoms with Crippen molar-refractivity contribution in [3.8, 4) is 22.5 Å². The van der Waals surface area contributed by atoms with Gasteiger partial charge in [0.15, 0.2) is 5.69 Å². The molecule has 2 aromatic heterocycles. The van der Waals surface area contributed by atoms with Crippen LogP contribution in [-0.2, 0) is 0 Å². The number of benzene rings is 2. The second-order valence-corrected chi connectivity index (χ2v) is 7.72. The molecule has 0 saturated carbocycles. The summed E-state index contributed by atoms with van der Waals surface area (Å²) in [7, 11) is 0. The number of H-pyrrole nitrogens is 2. The Labute approximate surface area is 185 Å². The number of rotatable bonds is 6. The highest BCUT2D eigenvalue weighted by Gasteiger charge is 2.45. The highest BCUT2D eigenvalue weighted by Crippen LogP contribution is 2.42. The van der Waals surface area contributed by atoms with Crippen molar-refractivity contribution in [3.05, 3.63) is 71.3 Å². The number of hydrogen-bond donors (Lipinski definition) is 3. The number of carboxylic acids is 1. The topological polar surface area (TPSA) is 120 Å². The molecule has 2 aromatic carbocycles. The van der Waals surface area contributed by atoms with Gasteiger partial charge in [0, 0.05) is 11.5 Å². The first-order chi connectivity index (χ1) is 15.7. The molecule has 3 N–H and O–H groups in total. The molecule has 33 heavy (non-hydrogen) atoms. The fourth-order valence-electron chi connectivity index (χ4n) is 3.63. The minimum Gasteiger partial charge on any atom is -0.476 e. The van der Waals surface area contributed by atoms with Gasteiger partial charge < -0.3 is 10.1 Å². The molecule has 0 saturated heterocycles. The normalized spacial score (nSPS) is 12.8. The van der Waals surface area contributed by atoms with Crippen LogP contribution in [0.15, 0.2) is 48.5 Å². The number of aromatic carboxylic acids is 1. The molecular weight excluding hydrogens is 437 g/mol. The number of nitrogens with zero attached hydrogens (tertiary/aromatic N) is 4. The monoisotopic (exact) mass is 456 g/mol. The van der Waals surface area contributed by atoms with E-state index in [4.69, 9.17) is 0 Å². The molecule has 1 unspecified atom stereocenters. The molecule has 11 heteroatoms. The van der Waals surface area contributed by atoms with E-state index in [0.29, 0.717) is 22.5 Å². The Balaban J connectivity index is 1.79. The molecule has 0 aliphatic heterocycles. The van der Waals surface area contributed by atoms with Crippen LogP contribution in [0.1, 0.15) is 53.3 Å². The minimum absolute atomic E-state index is 0.107. The van der Waals surface area contributed by atoms with Gasteiger partial charge in [0.1, 0.15) is 11.7 Å². The van der Waals surface area contributed by atoms with Crippen molar-refractivity contribution in [3.63, 3.8) is 0 Å². The minimum atomic E-state index is -4.74. The van der Waals surface area contributed by atoms with Gasteiger partial charge in [0.25, 0.3) is 0 Å². The SMILES string of the molecule is CC(C)c1nc(C(=O)O)c(C(c2ccc(-c3ccccc3-c3nn[nH]n3)cc2)C(F)(F)F)[nH]1. The Kier molecular flexibility index (Phi) is 5.71. The first kappa shape index (κ1) is 22.2. The molecule has 1 atom stereocenters. The van der Waals surface area contributed by atoms with E-state index < -0.39 is 29.5 Å². The molecule has 0 aliphatic carbocycles. The van der Waals surface area contributed by atoms with Gasteiger partial charge in [-0.15, -0.1) is 10.2 Å². The van der Waals surface area contributed by atoms with Crippen molar-refractivity contribution in [2.75, 3.05) is 0 Å². The quantitative estimate of drug-likeness (QED) is 0.384. The van der Waals surface area contributed by atoms with Crippen molar-refractivity contribution < 1.29 is 23.1 Å². The van der Waals surface area contributed by atoms with Crippen LogP contribution in [0.25, 0.3) is 22.5 Å². The maximum absolute atomic E-state index is 14.2. The molecule has 0 radical (unpaired) electrons. The van der Waals surface area contributed by atoms with Gasteiger partial charge in [0.05, 0.1) is 5.69 Å². The summed E-state index contributed by atoms with van der Waals surface area (Å²) in [4.78, 5) is 18.1. The smallest absolute Gasteiger partial charge is 0.401 e. The van der Waals surface area contributed by atoms with Gasteiger partial charge >= 0.3 is 12.1 Å². The number of aromatic amines is 2. The van der Waals surface area contributed by atoms with E-state index in [-0.39, 0.29) is 17.3 Å². The van der Waals surface area contributed by atoms with E-state index in [2.05, 4.69) is 30.6 Å². The van der Waals surface area contributed by atoms with E-state index in [0.717, 1.165) is 0 Å². The van der Waals surface area contributed by atoms with E-state index in [1.54, 1.807) is 50.2 Å². The molecule has 2 heterocycles. The van der Waals surface area contributed by atoms with Crippen molar-refractivity contribution >= 4 is 5.97 Å². The second kappa shape index (κ2) is 8.49. The fourth-order valence-corrected chi connectivity index (χ4v) is 3.63. The van der Waals surface area contributed by atoms with E-state index in [9.17, 15) is 23.1 Å². The zero-order valence-electron chi connectivity index (χ0n) is 17.6. The third-order valence-corrected chi connectivity index (χ3v) is 5.18. The predicted molar refractivity (Wildman–Crippen MR) is 113 cm³/mol. The van der Waals surface area contributed by atoms with Gasteiger partial charge in [-0.1, -0.05) is 62.4 Å². The lowest BCUT2D eigenvalue weighted by atomic mass is 9.91. The van der Waals surface area contributed by atoms with Crippen LogP contribution in [0.2, 0.25) is 0 Å². The molecular formula is C22H19F3N6O2. The van der Waals surface area contributed by atoms with Crippen molar-refractivity contribution in [1.29, 1.82) is 0 Å². The van der Waals surface area contributed by atoms with E-state index in [1.165, 1.54) is 12.1 Å². The number of carbonyl (C=O) groups is 1. The van der Waals surface area contributed by atoms with Gasteiger partial charge in [-0.3, -0.25) is 0 Å². The van der Waals surface area contributed by atoms with Crippen LogP contribution in [0.5, 0.6) is 0 Å². The van der Waals surface area contributed by atoms with Crippen LogP contribution in [0.4, 0.5) is 13.2 Å². The van der Waals surface area contributed by atoms with Crippen molar-refractivity contribution in [2.24, 2.45) is 0 Å². The zero-order chi connectivity index (χ0) is 23.8. The lowest BCUT2D eigenvalue weighted by Crippen LogP contribution is -2.24. The summed E-state index contributed by atoms with van der Waals surface area (Å²) in [6.07, 6.45) is -4.74. The molecule has 4 rings (SSSR count). The van der Waals surface area contributed by atoms with Crippen LogP contribution >= 0.6 is 0 Å². The van der Waals surface area contributed by atoms with Crippen molar-refractivity contribution in [2.45, 2.75) is 31.9 Å². The van der Waals surface area contributed by atoms with Gasteiger partial charge in [-0.05, 0) is 21.9 Å². The number of halogens is 3. The molecule has 0 amide bonds. The first-order valence-electron chi connectivity index (χ1n) is 9.99. The lowest BCUT2D eigenvalue weighted by Gasteiger charge is -2.21. The number of alkyl halides is 3. The van der Waals surface area contributed by atoms with Crippen LogP contribution < -0.4 is 0 Å². The summed E-state index contributed by atoms with van der Waals surface area (Å²) in [6, 6.07) is 12.9. The van der Waals surface area contributed by atoms with Crippen LogP contribution in [0, 0.1) is 0 Å². The lowest BCUT2D eigenvalue weighted by molar-refractivity contribution is -0.141. The summed E-state index contributed by atoms with van der Waals surface area (Å²) in [5.74, 6) is -3.43. The molecule has 0 spiro atoms. The van der Waals surface area contributed by atoms with Gasteiger partial charge in [-0.2, -0.15) is 18.4 Å². The Hall–Kier alpha value is -4.02. The molecule has 170 valence electrons. The number of imidazole rings is 1. The Bertz CT molecular complexity index is 1260. The molecule has 0 bridgehead atoms. The fraction of sp³-hybridized carbons (Fsp3) is 0.227. The van der Waals surface area contributed by atoms with Crippen LogP contribution in [0.3, 0.4) is 0 Å². The number of nitrogens with one attached hydrogen (secondary N) is 2. The molecule has 0 aliphatic rings. The summed E-state index contributed by atoms with van der Waals surface area (Å²) in [5, 5.41) is 23.3. The molecule has 8 nitrogen and oxygen atoms in total. The maximum atomic E-state index is 14.2.